The van der Waals surface area contributed by atoms with Crippen LogP contribution in [0.3, 0.4) is 0 Å². The van der Waals surface area contributed by atoms with E-state index in [0.717, 1.165) is 31.2 Å². The zero-order valence-electron chi connectivity index (χ0n) is 19.8. The van der Waals surface area contributed by atoms with E-state index in [1.807, 2.05) is 19.1 Å². The van der Waals surface area contributed by atoms with Crippen molar-refractivity contribution in [2.45, 2.75) is 58.0 Å². The summed E-state index contributed by atoms with van der Waals surface area (Å²) in [4.78, 5) is 41.8. The molecule has 1 saturated carbocycles. The van der Waals surface area contributed by atoms with Crippen LogP contribution < -0.4 is 16.0 Å². The first-order chi connectivity index (χ1) is 16.9. The van der Waals surface area contributed by atoms with Crippen molar-refractivity contribution in [3.8, 4) is 0 Å². The molecule has 10 heteroatoms. The number of carbonyl (C=O) groups is 3. The van der Waals surface area contributed by atoms with Gasteiger partial charge in [0.1, 0.15) is 6.04 Å². The summed E-state index contributed by atoms with van der Waals surface area (Å²) in [6, 6.07) is 4.31. The highest BCUT2D eigenvalue weighted by molar-refractivity contribution is 7.13. The fourth-order valence-electron chi connectivity index (χ4n) is 4.79. The summed E-state index contributed by atoms with van der Waals surface area (Å²) in [6.07, 6.45) is 5.33. The molecule has 0 bridgehead atoms. The Morgan fingerprint density at radius 1 is 1.14 bits per heavy atom. The van der Waals surface area contributed by atoms with Crippen LogP contribution in [0.4, 0.5) is 15.6 Å². The lowest BCUT2D eigenvalue weighted by Crippen LogP contribution is -2.44. The Labute approximate surface area is 208 Å². The number of benzene rings is 1. The number of urea groups is 1. The van der Waals surface area contributed by atoms with Crippen LogP contribution in [0.5, 0.6) is 0 Å². The van der Waals surface area contributed by atoms with Crippen LogP contribution in [0.15, 0.2) is 23.6 Å². The number of ether oxygens (including phenoxy) is 1. The van der Waals surface area contributed by atoms with Crippen molar-refractivity contribution in [3.63, 3.8) is 0 Å². The Hall–Kier alpha value is -2.82. The van der Waals surface area contributed by atoms with Gasteiger partial charge < -0.3 is 15.2 Å². The molecule has 1 aromatic carbocycles. The second kappa shape index (κ2) is 11.7. The Balaban J connectivity index is 1.34. The molecule has 9 nitrogen and oxygen atoms in total. The Kier molecular flexibility index (Phi) is 8.48. The number of aliphatic carboxylic acids is 1. The van der Waals surface area contributed by atoms with Gasteiger partial charge in [-0.3, -0.25) is 20.2 Å². The Morgan fingerprint density at radius 2 is 1.89 bits per heavy atom. The molecule has 2 fully saturated rings. The van der Waals surface area contributed by atoms with Crippen molar-refractivity contribution in [1.29, 1.82) is 0 Å². The summed E-state index contributed by atoms with van der Waals surface area (Å²) in [5.41, 5.74) is 2.65. The minimum atomic E-state index is -0.883. The number of hydrogen-bond acceptors (Lipinski definition) is 7. The minimum absolute atomic E-state index is 0.0129. The molecule has 0 spiro atoms. The minimum Gasteiger partial charge on any atom is -0.480 e. The number of hydrogen-bond donors (Lipinski definition) is 4. The molecule has 2 amide bonds. The Morgan fingerprint density at radius 3 is 2.60 bits per heavy atom. The highest BCUT2D eigenvalue weighted by Gasteiger charge is 2.29. The van der Waals surface area contributed by atoms with E-state index in [1.54, 1.807) is 11.4 Å². The highest BCUT2D eigenvalue weighted by Crippen LogP contribution is 2.31. The molecule has 1 aromatic heterocycles. The monoisotopic (exact) mass is 500 g/mol. The lowest BCUT2D eigenvalue weighted by molar-refractivity contribution is -0.142. The largest absolute Gasteiger partial charge is 0.480 e. The lowest BCUT2D eigenvalue weighted by atomic mass is 9.92. The van der Waals surface area contributed by atoms with E-state index in [1.165, 1.54) is 11.3 Å². The zero-order chi connectivity index (χ0) is 24.8. The average Bonchev–Trinajstić information content (AvgIpc) is 3.53. The smallest absolute Gasteiger partial charge is 0.325 e. The number of thiazole rings is 1. The van der Waals surface area contributed by atoms with Gasteiger partial charge in [-0.05, 0) is 50.7 Å². The summed E-state index contributed by atoms with van der Waals surface area (Å²) >= 11 is 1.26. The molecule has 188 valence electrons. The predicted octanol–water partition coefficient (Wildman–Crippen LogP) is 4.44. The van der Waals surface area contributed by atoms with Gasteiger partial charge in [0, 0.05) is 36.6 Å². The average molecular weight is 501 g/mol. The third-order valence-corrected chi connectivity index (χ3v) is 7.50. The zero-order valence-corrected chi connectivity index (χ0v) is 20.7. The number of rotatable bonds is 9. The van der Waals surface area contributed by atoms with Crippen molar-refractivity contribution in [1.82, 2.24) is 10.3 Å². The number of ketones is 1. The molecule has 4 rings (SSSR count). The van der Waals surface area contributed by atoms with Gasteiger partial charge in [0.05, 0.1) is 11.4 Å². The van der Waals surface area contributed by atoms with Gasteiger partial charge in [0.25, 0.3) is 0 Å². The van der Waals surface area contributed by atoms with Crippen molar-refractivity contribution in [2.75, 3.05) is 23.8 Å². The molecule has 2 aromatic rings. The molecular weight excluding hydrogens is 468 g/mol. The molecule has 4 N–H and O–H groups in total. The van der Waals surface area contributed by atoms with Crippen LogP contribution in [-0.4, -0.2) is 47.1 Å². The van der Waals surface area contributed by atoms with E-state index >= 15 is 0 Å². The van der Waals surface area contributed by atoms with Gasteiger partial charge in [0.2, 0.25) is 0 Å². The van der Waals surface area contributed by atoms with E-state index in [9.17, 15) is 19.5 Å². The number of carboxylic acid groups (broad SMARTS) is 1. The van der Waals surface area contributed by atoms with Crippen LogP contribution in [0, 0.1) is 18.8 Å². The van der Waals surface area contributed by atoms with Crippen molar-refractivity contribution < 1.29 is 24.2 Å². The quantitative estimate of drug-likeness (QED) is 0.375. The summed E-state index contributed by atoms with van der Waals surface area (Å²) in [6.45, 7) is 3.36. The summed E-state index contributed by atoms with van der Waals surface area (Å²) < 4.78 is 5.33. The van der Waals surface area contributed by atoms with Crippen molar-refractivity contribution >= 4 is 39.9 Å². The third-order valence-electron chi connectivity index (χ3n) is 6.69. The SMILES string of the molecule is Cc1ccc(NC(=O)Nc2nc(CNC(C(=O)O)C3CCOCC3)cs2)c(C(=O)C2CCCC2)c1. The van der Waals surface area contributed by atoms with E-state index < -0.39 is 18.0 Å². The molecule has 1 unspecified atom stereocenters. The molecule has 2 heterocycles. The van der Waals surface area contributed by atoms with Gasteiger partial charge in [-0.25, -0.2) is 9.78 Å². The van der Waals surface area contributed by atoms with Gasteiger partial charge in [0.15, 0.2) is 10.9 Å². The number of Topliss-reactive ketones (excluding diaryl/α,β-unsaturated/α-hetero) is 1. The first kappa shape index (κ1) is 25.3. The topological polar surface area (TPSA) is 130 Å². The second-order valence-electron chi connectivity index (χ2n) is 9.26. The molecule has 1 aliphatic heterocycles. The van der Waals surface area contributed by atoms with Gasteiger partial charge in [-0.15, -0.1) is 11.3 Å². The molecule has 35 heavy (non-hydrogen) atoms. The maximum Gasteiger partial charge on any atom is 0.325 e. The fraction of sp³-hybridized carbons (Fsp3) is 0.520. The van der Waals surface area contributed by atoms with E-state index in [-0.39, 0.29) is 24.2 Å². The number of nitrogens with one attached hydrogen (secondary N) is 3. The molecule has 2 aliphatic rings. The molecule has 1 saturated heterocycles. The maximum absolute atomic E-state index is 13.0. The molecule has 0 radical (unpaired) electrons. The van der Waals surface area contributed by atoms with Crippen LogP contribution in [0.1, 0.15) is 60.1 Å². The number of amides is 2. The van der Waals surface area contributed by atoms with E-state index in [4.69, 9.17) is 4.74 Å². The normalized spacial score (nSPS) is 17.7. The highest BCUT2D eigenvalue weighted by atomic mass is 32.1. The van der Waals surface area contributed by atoms with Crippen LogP contribution in [0.25, 0.3) is 0 Å². The molecule has 1 aliphatic carbocycles. The van der Waals surface area contributed by atoms with Crippen molar-refractivity contribution in [2.24, 2.45) is 11.8 Å². The second-order valence-corrected chi connectivity index (χ2v) is 10.1. The third kappa shape index (κ3) is 6.65. The van der Waals surface area contributed by atoms with Crippen LogP contribution in [0.2, 0.25) is 0 Å². The first-order valence-corrected chi connectivity index (χ1v) is 13.0. The van der Waals surface area contributed by atoms with E-state index in [0.29, 0.717) is 48.1 Å². The summed E-state index contributed by atoms with van der Waals surface area (Å²) in [5, 5.41) is 20.4. The Bertz CT molecular complexity index is 1060. The predicted molar refractivity (Wildman–Crippen MR) is 134 cm³/mol. The standard InChI is InChI=1S/C25H32N4O5S/c1-15-6-7-20(19(12-15)22(30)17-4-2-3-5-17)28-24(33)29-25-27-18(14-35-25)13-26-21(23(31)32)16-8-10-34-11-9-16/h6-7,12,14,16-17,21,26H,2-5,8-11,13H2,1H3,(H,31,32)(H2,27,28,29,33). The van der Waals surface area contributed by atoms with Crippen molar-refractivity contribution in [3.05, 3.63) is 40.4 Å². The first-order valence-electron chi connectivity index (χ1n) is 12.1. The maximum atomic E-state index is 13.0. The van der Waals surface area contributed by atoms with Gasteiger partial charge in [-0.2, -0.15) is 0 Å². The van der Waals surface area contributed by atoms with Crippen LogP contribution >= 0.6 is 11.3 Å². The fourth-order valence-corrected chi connectivity index (χ4v) is 5.50. The lowest BCUT2D eigenvalue weighted by Gasteiger charge is -2.28. The van der Waals surface area contributed by atoms with E-state index in [2.05, 4.69) is 20.9 Å². The number of aryl methyl sites for hydroxylation is 1. The number of carbonyl (C=O) groups excluding carboxylic acids is 2. The van der Waals surface area contributed by atoms with Crippen LogP contribution in [-0.2, 0) is 16.1 Å². The van der Waals surface area contributed by atoms with Gasteiger partial charge >= 0.3 is 12.0 Å². The number of aromatic nitrogens is 1. The summed E-state index contributed by atoms with van der Waals surface area (Å²) in [7, 11) is 0. The number of nitrogens with zero attached hydrogens (tertiary/aromatic N) is 1. The number of carboxylic acids is 1. The summed E-state index contributed by atoms with van der Waals surface area (Å²) in [5.74, 6) is -0.767. The molecule has 1 atom stereocenters. The molecular formula is C25H32N4O5S. The van der Waals surface area contributed by atoms with Gasteiger partial charge in [-0.1, -0.05) is 24.5 Å². The number of anilines is 2.